The molecule has 0 radical (unpaired) electrons. The molecule has 30 heavy (non-hydrogen) atoms. The van der Waals surface area contributed by atoms with Crippen LogP contribution in [-0.2, 0) is 19.7 Å². The summed E-state index contributed by atoms with van der Waals surface area (Å²) in [6.07, 6.45) is 1.26. The molecule has 0 bridgehead atoms. The molecule has 0 spiro atoms. The van der Waals surface area contributed by atoms with Gasteiger partial charge in [-0.3, -0.25) is 20.2 Å². The smallest absolute Gasteiger partial charge is 0.339 e. The second-order valence-corrected chi connectivity index (χ2v) is 8.54. The van der Waals surface area contributed by atoms with E-state index in [9.17, 15) is 18.0 Å². The van der Waals surface area contributed by atoms with E-state index >= 15 is 0 Å². The molecule has 2 amide bonds. The van der Waals surface area contributed by atoms with Crippen LogP contribution in [0.25, 0.3) is 6.08 Å². The number of benzene rings is 2. The van der Waals surface area contributed by atoms with Crippen molar-refractivity contribution < 1.29 is 26.9 Å². The van der Waals surface area contributed by atoms with Crippen LogP contribution < -0.4 is 19.6 Å². The van der Waals surface area contributed by atoms with E-state index in [4.69, 9.17) is 32.7 Å². The SMILES string of the molecule is COc1cc(C=C2C(=O)NC(=S)NC2=O)cc(Cl)c1OS(=O)(=O)c1ccc(C)cc1. The lowest BCUT2D eigenvalue weighted by Gasteiger charge is -2.17. The van der Waals surface area contributed by atoms with Crippen molar-refractivity contribution in [2.75, 3.05) is 7.11 Å². The largest absolute Gasteiger partial charge is 0.493 e. The van der Waals surface area contributed by atoms with Crippen molar-refractivity contribution in [3.8, 4) is 11.5 Å². The van der Waals surface area contributed by atoms with Gasteiger partial charge in [-0.2, -0.15) is 8.42 Å². The molecule has 11 heteroatoms. The highest BCUT2D eigenvalue weighted by Crippen LogP contribution is 2.38. The number of hydrogen-bond acceptors (Lipinski definition) is 7. The Morgan fingerprint density at radius 3 is 2.23 bits per heavy atom. The quantitative estimate of drug-likeness (QED) is 0.301. The third-order valence-electron chi connectivity index (χ3n) is 4.01. The molecule has 0 atom stereocenters. The number of halogens is 1. The highest BCUT2D eigenvalue weighted by Gasteiger charge is 2.27. The number of carbonyl (C=O) groups is 2. The van der Waals surface area contributed by atoms with Crippen molar-refractivity contribution in [1.29, 1.82) is 0 Å². The maximum Gasteiger partial charge on any atom is 0.339 e. The zero-order chi connectivity index (χ0) is 22.1. The van der Waals surface area contributed by atoms with Gasteiger partial charge < -0.3 is 8.92 Å². The monoisotopic (exact) mass is 466 g/mol. The molecule has 0 aromatic heterocycles. The molecule has 1 aliphatic heterocycles. The number of hydrogen-bond donors (Lipinski definition) is 2. The molecule has 3 rings (SSSR count). The summed E-state index contributed by atoms with van der Waals surface area (Å²) in [5.74, 6) is -1.58. The fourth-order valence-corrected chi connectivity index (χ4v) is 3.99. The van der Waals surface area contributed by atoms with Crippen LogP contribution in [0.1, 0.15) is 11.1 Å². The van der Waals surface area contributed by atoms with E-state index in [0.29, 0.717) is 5.56 Å². The van der Waals surface area contributed by atoms with Crippen molar-refractivity contribution in [1.82, 2.24) is 10.6 Å². The first-order valence-corrected chi connectivity index (χ1v) is 10.6. The van der Waals surface area contributed by atoms with E-state index < -0.39 is 21.9 Å². The minimum atomic E-state index is -4.17. The number of amides is 2. The summed E-state index contributed by atoms with van der Waals surface area (Å²) in [5.41, 5.74) is 0.992. The van der Waals surface area contributed by atoms with Gasteiger partial charge in [-0.25, -0.2) is 0 Å². The molecule has 1 heterocycles. The average Bonchev–Trinajstić information content (AvgIpc) is 2.66. The molecule has 0 saturated carbocycles. The Morgan fingerprint density at radius 2 is 1.67 bits per heavy atom. The standard InChI is InChI=1S/C19H15ClN2O6S2/c1-10-3-5-12(6-4-10)30(25,26)28-16-14(20)8-11(9-15(16)27-2)7-13-17(23)21-19(29)22-18(13)24/h3-9H,1-2H3,(H2,21,22,23,24,29). The van der Waals surface area contributed by atoms with Crippen molar-refractivity contribution in [3.05, 3.63) is 58.1 Å². The van der Waals surface area contributed by atoms with Crippen LogP contribution in [0.4, 0.5) is 0 Å². The van der Waals surface area contributed by atoms with Crippen LogP contribution in [0, 0.1) is 6.92 Å². The average molecular weight is 467 g/mol. The molecule has 0 aliphatic carbocycles. The fraction of sp³-hybridized carbons (Fsp3) is 0.105. The number of thiocarbonyl (C=S) groups is 1. The van der Waals surface area contributed by atoms with Gasteiger partial charge in [-0.15, -0.1) is 0 Å². The molecule has 2 aromatic rings. The van der Waals surface area contributed by atoms with Crippen LogP contribution >= 0.6 is 23.8 Å². The van der Waals surface area contributed by atoms with Gasteiger partial charge in [0.05, 0.1) is 12.1 Å². The Kier molecular flexibility index (Phi) is 6.11. The lowest BCUT2D eigenvalue weighted by Crippen LogP contribution is -2.51. The summed E-state index contributed by atoms with van der Waals surface area (Å²) in [4.78, 5) is 23.9. The minimum Gasteiger partial charge on any atom is -0.493 e. The third-order valence-corrected chi connectivity index (χ3v) is 5.73. The zero-order valence-electron chi connectivity index (χ0n) is 15.7. The van der Waals surface area contributed by atoms with Crippen LogP contribution in [0.5, 0.6) is 11.5 Å². The number of carbonyl (C=O) groups excluding carboxylic acids is 2. The number of ether oxygens (including phenoxy) is 1. The fourth-order valence-electron chi connectivity index (χ4n) is 2.54. The molecule has 1 fully saturated rings. The van der Waals surface area contributed by atoms with Gasteiger partial charge in [-0.1, -0.05) is 29.3 Å². The second-order valence-electron chi connectivity index (χ2n) is 6.18. The predicted molar refractivity (Wildman–Crippen MR) is 114 cm³/mol. The summed E-state index contributed by atoms with van der Waals surface area (Å²) in [5, 5.41) is 4.44. The van der Waals surface area contributed by atoms with E-state index in [1.54, 1.807) is 12.1 Å². The number of nitrogens with one attached hydrogen (secondary N) is 2. The maximum atomic E-state index is 12.6. The Hall–Kier alpha value is -2.95. The van der Waals surface area contributed by atoms with Crippen molar-refractivity contribution >= 4 is 56.9 Å². The predicted octanol–water partition coefficient (Wildman–Crippen LogP) is 2.34. The molecule has 2 N–H and O–H groups in total. The van der Waals surface area contributed by atoms with E-state index in [2.05, 4.69) is 10.6 Å². The van der Waals surface area contributed by atoms with Gasteiger partial charge >= 0.3 is 10.1 Å². The first-order chi connectivity index (χ1) is 14.1. The van der Waals surface area contributed by atoms with E-state index in [-0.39, 0.29) is 32.1 Å². The summed E-state index contributed by atoms with van der Waals surface area (Å²) in [6, 6.07) is 8.81. The van der Waals surface area contributed by atoms with Crippen molar-refractivity contribution in [3.63, 3.8) is 0 Å². The highest BCUT2D eigenvalue weighted by atomic mass is 35.5. The Labute approximate surface area is 182 Å². The number of rotatable bonds is 5. The third kappa shape index (κ3) is 4.61. The number of aryl methyl sites for hydroxylation is 1. The minimum absolute atomic E-state index is 0.00261. The molecular formula is C19H15ClN2O6S2. The van der Waals surface area contributed by atoms with Gasteiger partial charge in [0.2, 0.25) is 5.75 Å². The molecule has 2 aromatic carbocycles. The van der Waals surface area contributed by atoms with E-state index in [1.165, 1.54) is 37.5 Å². The van der Waals surface area contributed by atoms with Crippen LogP contribution in [0.3, 0.4) is 0 Å². The Bertz CT molecular complexity index is 1170. The van der Waals surface area contributed by atoms with Crippen LogP contribution in [-0.4, -0.2) is 32.5 Å². The molecule has 8 nitrogen and oxygen atoms in total. The molecule has 156 valence electrons. The first-order valence-electron chi connectivity index (χ1n) is 8.38. The molecular weight excluding hydrogens is 452 g/mol. The van der Waals surface area contributed by atoms with Crippen LogP contribution in [0.2, 0.25) is 5.02 Å². The summed E-state index contributed by atoms with van der Waals surface area (Å²) in [6.45, 7) is 1.82. The van der Waals surface area contributed by atoms with Gasteiger partial charge in [0.15, 0.2) is 10.9 Å². The van der Waals surface area contributed by atoms with Crippen LogP contribution in [0.15, 0.2) is 46.9 Å². The highest BCUT2D eigenvalue weighted by molar-refractivity contribution is 7.87. The van der Waals surface area contributed by atoms with Crippen molar-refractivity contribution in [2.45, 2.75) is 11.8 Å². The lowest BCUT2D eigenvalue weighted by molar-refractivity contribution is -0.123. The second kappa shape index (κ2) is 8.42. The first kappa shape index (κ1) is 21.8. The molecule has 1 aliphatic rings. The Balaban J connectivity index is 1.98. The summed E-state index contributed by atoms with van der Waals surface area (Å²) in [7, 11) is -2.87. The van der Waals surface area contributed by atoms with Gasteiger partial charge in [0, 0.05) is 0 Å². The number of methoxy groups -OCH3 is 1. The van der Waals surface area contributed by atoms with Gasteiger partial charge in [0.1, 0.15) is 10.5 Å². The topological polar surface area (TPSA) is 111 Å². The van der Waals surface area contributed by atoms with Gasteiger partial charge in [0.25, 0.3) is 11.8 Å². The molecule has 0 unspecified atom stereocenters. The maximum absolute atomic E-state index is 12.6. The van der Waals surface area contributed by atoms with E-state index in [0.717, 1.165) is 5.56 Å². The zero-order valence-corrected chi connectivity index (χ0v) is 18.1. The molecule has 1 saturated heterocycles. The lowest BCUT2D eigenvalue weighted by atomic mass is 10.1. The van der Waals surface area contributed by atoms with Crippen molar-refractivity contribution in [2.24, 2.45) is 0 Å². The summed E-state index contributed by atoms with van der Waals surface area (Å²) >= 11 is 11.0. The normalized spacial score (nSPS) is 14.1. The summed E-state index contributed by atoms with van der Waals surface area (Å²) < 4.78 is 35.6. The van der Waals surface area contributed by atoms with Gasteiger partial charge in [-0.05, 0) is 55.0 Å². The van der Waals surface area contributed by atoms with E-state index in [1.807, 2.05) is 6.92 Å². The Morgan fingerprint density at radius 1 is 1.07 bits per heavy atom.